The maximum Gasteiger partial charge on any atom is 0.309 e. The maximum atomic E-state index is 11.3. The molecule has 1 aliphatic carbocycles. The van der Waals surface area contributed by atoms with Crippen LogP contribution >= 0.6 is 0 Å². The summed E-state index contributed by atoms with van der Waals surface area (Å²) in [5, 5.41) is 9.85. The highest BCUT2D eigenvalue weighted by molar-refractivity contribution is 5.75. The van der Waals surface area contributed by atoms with Gasteiger partial charge in [0.1, 0.15) is 0 Å². The van der Waals surface area contributed by atoms with E-state index in [9.17, 15) is 9.90 Å². The van der Waals surface area contributed by atoms with Crippen LogP contribution in [0.5, 0.6) is 0 Å². The second kappa shape index (κ2) is 4.10. The molecule has 2 aliphatic rings. The van der Waals surface area contributed by atoms with E-state index in [2.05, 4.69) is 0 Å². The smallest absolute Gasteiger partial charge is 0.309 e. The number of ether oxygens (including phenoxy) is 2. The molecular weight excluding hydrogens is 196 g/mol. The van der Waals surface area contributed by atoms with Gasteiger partial charge in [0.05, 0.1) is 30.8 Å². The van der Waals surface area contributed by atoms with Crippen molar-refractivity contribution in [1.82, 2.24) is 0 Å². The van der Waals surface area contributed by atoms with Crippen molar-refractivity contribution in [3.8, 4) is 0 Å². The van der Waals surface area contributed by atoms with Crippen LogP contribution in [-0.4, -0.2) is 36.0 Å². The molecule has 4 heteroatoms. The van der Waals surface area contributed by atoms with E-state index in [0.717, 1.165) is 6.42 Å². The Morgan fingerprint density at radius 3 is 2.87 bits per heavy atom. The molecule has 2 rings (SSSR count). The molecule has 1 saturated carbocycles. The van der Waals surface area contributed by atoms with E-state index >= 15 is 0 Å². The van der Waals surface area contributed by atoms with Crippen molar-refractivity contribution >= 4 is 5.97 Å². The van der Waals surface area contributed by atoms with E-state index in [1.165, 1.54) is 0 Å². The molecule has 1 heterocycles. The molecule has 0 radical (unpaired) electrons. The Morgan fingerprint density at radius 1 is 1.47 bits per heavy atom. The number of fused-ring (bicyclic) bond motifs is 1. The second-order valence-corrected chi connectivity index (χ2v) is 4.76. The zero-order valence-electron chi connectivity index (χ0n) is 9.18. The predicted octanol–water partition coefficient (Wildman–Crippen LogP) is 0.724. The van der Waals surface area contributed by atoms with E-state index in [-0.39, 0.29) is 30.0 Å². The van der Waals surface area contributed by atoms with Gasteiger partial charge < -0.3 is 14.6 Å². The Balaban J connectivity index is 1.99. The molecule has 1 saturated heterocycles. The average Bonchev–Trinajstić information content (AvgIpc) is 2.48. The zero-order chi connectivity index (χ0) is 11.0. The summed E-state index contributed by atoms with van der Waals surface area (Å²) in [6, 6.07) is 0. The van der Waals surface area contributed by atoms with E-state index in [4.69, 9.17) is 9.47 Å². The quantitative estimate of drug-likeness (QED) is 0.688. The van der Waals surface area contributed by atoms with Crippen LogP contribution in [0.1, 0.15) is 26.7 Å². The van der Waals surface area contributed by atoms with Gasteiger partial charge in [-0.3, -0.25) is 4.79 Å². The molecule has 0 aromatic heterocycles. The van der Waals surface area contributed by atoms with Gasteiger partial charge in [-0.05, 0) is 26.7 Å². The number of esters is 1. The summed E-state index contributed by atoms with van der Waals surface area (Å²) >= 11 is 0. The minimum Gasteiger partial charge on any atom is -0.465 e. The first-order valence-corrected chi connectivity index (χ1v) is 5.58. The Morgan fingerprint density at radius 2 is 2.20 bits per heavy atom. The fourth-order valence-corrected chi connectivity index (χ4v) is 2.49. The third-order valence-electron chi connectivity index (χ3n) is 3.22. The molecule has 0 spiro atoms. The summed E-state index contributed by atoms with van der Waals surface area (Å²) < 4.78 is 10.6. The Hall–Kier alpha value is -0.610. The van der Waals surface area contributed by atoms with Crippen LogP contribution in [0.3, 0.4) is 0 Å². The lowest BCUT2D eigenvalue weighted by Gasteiger charge is -2.34. The molecule has 4 atom stereocenters. The average molecular weight is 214 g/mol. The Labute approximate surface area is 89.6 Å². The van der Waals surface area contributed by atoms with Crippen molar-refractivity contribution in [3.05, 3.63) is 0 Å². The van der Waals surface area contributed by atoms with Gasteiger partial charge >= 0.3 is 5.97 Å². The Bertz CT molecular complexity index is 251. The highest BCUT2D eigenvalue weighted by Gasteiger charge is 2.45. The lowest BCUT2D eigenvalue weighted by atomic mass is 9.78. The molecule has 0 aromatic carbocycles. The van der Waals surface area contributed by atoms with Crippen molar-refractivity contribution in [2.75, 3.05) is 6.61 Å². The second-order valence-electron chi connectivity index (χ2n) is 4.76. The molecule has 15 heavy (non-hydrogen) atoms. The molecule has 1 aliphatic heterocycles. The standard InChI is InChI=1S/C11H18O4/c1-6(2)15-10-3-7-5-14-11(13)8(7)4-9(10)12/h6-10,12H,3-5H2,1-2H3. The van der Waals surface area contributed by atoms with Crippen LogP contribution < -0.4 is 0 Å². The molecular formula is C11H18O4. The topological polar surface area (TPSA) is 55.8 Å². The fourth-order valence-electron chi connectivity index (χ4n) is 2.49. The molecule has 0 aromatic rings. The van der Waals surface area contributed by atoms with Gasteiger partial charge in [-0.15, -0.1) is 0 Å². The van der Waals surface area contributed by atoms with Crippen LogP contribution in [0.15, 0.2) is 0 Å². The van der Waals surface area contributed by atoms with Gasteiger partial charge in [0.15, 0.2) is 0 Å². The van der Waals surface area contributed by atoms with Crippen LogP contribution in [-0.2, 0) is 14.3 Å². The molecule has 86 valence electrons. The summed E-state index contributed by atoms with van der Waals surface area (Å²) in [7, 11) is 0. The minimum atomic E-state index is -0.528. The van der Waals surface area contributed by atoms with Gasteiger partial charge in [-0.1, -0.05) is 0 Å². The lowest BCUT2D eigenvalue weighted by molar-refractivity contribution is -0.144. The monoisotopic (exact) mass is 214 g/mol. The third-order valence-corrected chi connectivity index (χ3v) is 3.22. The number of carbonyl (C=O) groups is 1. The van der Waals surface area contributed by atoms with Gasteiger partial charge in [0, 0.05) is 5.92 Å². The van der Waals surface area contributed by atoms with Gasteiger partial charge in [-0.25, -0.2) is 0 Å². The van der Waals surface area contributed by atoms with Crippen LogP contribution in [0.4, 0.5) is 0 Å². The minimum absolute atomic E-state index is 0.105. The van der Waals surface area contributed by atoms with Crippen molar-refractivity contribution in [1.29, 1.82) is 0 Å². The first kappa shape index (κ1) is 10.9. The van der Waals surface area contributed by atoms with E-state index in [1.54, 1.807) is 0 Å². The first-order chi connectivity index (χ1) is 7.08. The predicted molar refractivity (Wildman–Crippen MR) is 53.2 cm³/mol. The van der Waals surface area contributed by atoms with Crippen molar-refractivity contribution in [2.24, 2.45) is 11.8 Å². The van der Waals surface area contributed by atoms with Gasteiger partial charge in [0.2, 0.25) is 0 Å². The molecule has 0 amide bonds. The normalized spacial score (nSPS) is 40.4. The summed E-state index contributed by atoms with van der Waals surface area (Å²) in [5.41, 5.74) is 0. The van der Waals surface area contributed by atoms with Crippen molar-refractivity contribution in [3.63, 3.8) is 0 Å². The number of hydrogen-bond acceptors (Lipinski definition) is 4. The number of cyclic esters (lactones) is 1. The van der Waals surface area contributed by atoms with E-state index < -0.39 is 6.10 Å². The molecule has 2 fully saturated rings. The van der Waals surface area contributed by atoms with Crippen LogP contribution in [0.2, 0.25) is 0 Å². The van der Waals surface area contributed by atoms with Crippen LogP contribution in [0, 0.1) is 11.8 Å². The molecule has 1 N–H and O–H groups in total. The summed E-state index contributed by atoms with van der Waals surface area (Å²) in [5.74, 6) is -0.0151. The first-order valence-electron chi connectivity index (χ1n) is 5.58. The summed E-state index contributed by atoms with van der Waals surface area (Å²) in [4.78, 5) is 11.3. The van der Waals surface area contributed by atoms with E-state index in [1.807, 2.05) is 13.8 Å². The summed E-state index contributed by atoms with van der Waals surface area (Å²) in [6.07, 6.45) is 0.663. The number of aliphatic hydroxyl groups is 1. The third kappa shape index (κ3) is 2.16. The zero-order valence-corrected chi connectivity index (χ0v) is 9.18. The van der Waals surface area contributed by atoms with Gasteiger partial charge in [-0.2, -0.15) is 0 Å². The van der Waals surface area contributed by atoms with Crippen molar-refractivity contribution in [2.45, 2.75) is 45.0 Å². The number of carbonyl (C=O) groups excluding carboxylic acids is 1. The highest BCUT2D eigenvalue weighted by atomic mass is 16.5. The SMILES string of the molecule is CC(C)OC1CC2COC(=O)C2CC1O. The van der Waals surface area contributed by atoms with Gasteiger partial charge in [0.25, 0.3) is 0 Å². The molecule has 0 bridgehead atoms. The number of hydrogen-bond donors (Lipinski definition) is 1. The largest absolute Gasteiger partial charge is 0.465 e. The van der Waals surface area contributed by atoms with Crippen LogP contribution in [0.25, 0.3) is 0 Å². The summed E-state index contributed by atoms with van der Waals surface area (Å²) in [6.45, 7) is 4.40. The van der Waals surface area contributed by atoms with E-state index in [0.29, 0.717) is 13.0 Å². The van der Waals surface area contributed by atoms with Crippen molar-refractivity contribution < 1.29 is 19.4 Å². The maximum absolute atomic E-state index is 11.3. The fraction of sp³-hybridized carbons (Fsp3) is 0.909. The molecule has 4 unspecified atom stereocenters. The molecule has 4 nitrogen and oxygen atoms in total. The number of aliphatic hydroxyl groups excluding tert-OH is 1. The Kier molecular flexibility index (Phi) is 2.98. The number of rotatable bonds is 2. The highest BCUT2D eigenvalue weighted by Crippen LogP contribution is 2.37. The lowest BCUT2D eigenvalue weighted by Crippen LogP contribution is -2.42.